The summed E-state index contributed by atoms with van der Waals surface area (Å²) < 4.78 is 25.0. The van der Waals surface area contributed by atoms with Gasteiger partial charge in [-0.25, -0.2) is 9.48 Å². The Hall–Kier alpha value is -6.62. The third kappa shape index (κ3) is 9.19. The Morgan fingerprint density at radius 1 is 0.735 bits per heavy atom. The van der Waals surface area contributed by atoms with Gasteiger partial charge in [0.05, 0.1) is 48.4 Å². The third-order valence-electron chi connectivity index (χ3n) is 12.1. The third-order valence-corrected chi connectivity index (χ3v) is 12.8. The van der Waals surface area contributed by atoms with Gasteiger partial charge in [-0.15, -0.1) is 0 Å². The number of phenols is 2. The number of aromatic hydroxyl groups is 2. The predicted molar refractivity (Wildman–Crippen MR) is 255 cm³/mol. The number of esters is 1. The quantitative estimate of drug-likeness (QED) is 0.0433. The number of fused-ring (bicyclic) bond motifs is 6. The lowest BCUT2D eigenvalue weighted by Crippen LogP contribution is -2.58. The summed E-state index contributed by atoms with van der Waals surface area (Å²) in [6, 6.07) is 25.8. The van der Waals surface area contributed by atoms with Crippen LogP contribution in [0.1, 0.15) is 80.1 Å². The van der Waals surface area contributed by atoms with Gasteiger partial charge in [-0.05, 0) is 86.5 Å². The zero-order valence-electron chi connectivity index (χ0n) is 37.1. The summed E-state index contributed by atoms with van der Waals surface area (Å²) >= 11 is 19.0. The Labute approximate surface area is 406 Å². The molecule has 2 aliphatic heterocycles. The number of hydrogen-bond acceptors (Lipinski definition) is 11. The number of benzene rings is 5. The van der Waals surface area contributed by atoms with Gasteiger partial charge in [0.25, 0.3) is 11.8 Å². The average Bonchev–Trinajstić information content (AvgIpc) is 3.81. The summed E-state index contributed by atoms with van der Waals surface area (Å²) in [5.41, 5.74) is 1.73. The number of carbonyl (C=O) groups is 4. The largest absolute Gasteiger partial charge is 0.508 e. The molecule has 68 heavy (non-hydrogen) atoms. The number of halogens is 3. The second-order valence-corrected chi connectivity index (χ2v) is 17.4. The molecule has 3 heterocycles. The molecule has 0 atom stereocenters. The van der Waals surface area contributed by atoms with Gasteiger partial charge in [-0.2, -0.15) is 5.10 Å². The summed E-state index contributed by atoms with van der Waals surface area (Å²) in [4.78, 5) is 54.3. The molecule has 0 fully saturated rings. The van der Waals surface area contributed by atoms with Crippen LogP contribution < -0.4 is 20.7 Å². The van der Waals surface area contributed by atoms with Crippen LogP contribution in [0.5, 0.6) is 23.0 Å². The van der Waals surface area contributed by atoms with E-state index in [1.807, 2.05) is 26.0 Å². The molecule has 0 saturated heterocycles. The number of amides is 3. The number of ether oxygens (including phenoxy) is 4. The molecule has 0 radical (unpaired) electrons. The number of nitrogens with one attached hydrogen (secondary N) is 3. The molecule has 3 amide bonds. The SMILES string of the molecule is CCC(CC)(NC(=O)c1nn(-c2ccc(Cl)cc2Cl)c(-c2ccc(Cl)cc2)c1C)C(=O)NCCOCCOCCNC(=O)c1ccc2c(c1)C(=O)OC21c2ccc(O)cc2Oc2cc(O)ccc21. The van der Waals surface area contributed by atoms with Crippen molar-refractivity contribution in [3.05, 3.63) is 151 Å². The number of rotatable bonds is 17. The molecule has 5 N–H and O–H groups in total. The highest BCUT2D eigenvalue weighted by Gasteiger charge is 2.54. The minimum Gasteiger partial charge on any atom is -0.508 e. The maximum atomic E-state index is 14.0. The first-order valence-corrected chi connectivity index (χ1v) is 22.9. The Morgan fingerprint density at radius 3 is 1.96 bits per heavy atom. The smallest absolute Gasteiger partial charge is 0.340 e. The average molecular weight is 983 g/mol. The van der Waals surface area contributed by atoms with Gasteiger partial charge in [-0.3, -0.25) is 14.4 Å². The lowest BCUT2D eigenvalue weighted by Gasteiger charge is -2.36. The Bertz CT molecular complexity index is 2890. The minimum absolute atomic E-state index is 0.0568. The molecular weight excluding hydrogens is 937 g/mol. The van der Waals surface area contributed by atoms with Crippen molar-refractivity contribution in [3.63, 3.8) is 0 Å². The molecule has 0 saturated carbocycles. The van der Waals surface area contributed by atoms with Crippen LogP contribution in [-0.2, 0) is 24.6 Å². The first-order chi connectivity index (χ1) is 32.7. The van der Waals surface area contributed by atoms with E-state index in [9.17, 15) is 29.4 Å². The van der Waals surface area contributed by atoms with Crippen LogP contribution in [-0.4, -0.2) is 88.7 Å². The van der Waals surface area contributed by atoms with Gasteiger partial charge in [0.1, 0.15) is 28.5 Å². The maximum absolute atomic E-state index is 14.0. The van der Waals surface area contributed by atoms with Crippen molar-refractivity contribution < 1.29 is 48.3 Å². The zero-order chi connectivity index (χ0) is 48.3. The fraction of sp³-hybridized carbons (Fsp3) is 0.260. The molecule has 6 aromatic rings. The first-order valence-electron chi connectivity index (χ1n) is 21.8. The molecule has 0 aliphatic carbocycles. The Kier molecular flexibility index (Phi) is 14.0. The number of nitrogens with zero attached hydrogens (tertiary/aromatic N) is 2. The molecule has 8 rings (SSSR count). The van der Waals surface area contributed by atoms with Crippen LogP contribution in [0.15, 0.2) is 97.1 Å². The van der Waals surface area contributed by atoms with Gasteiger partial charge in [0.2, 0.25) is 5.91 Å². The van der Waals surface area contributed by atoms with E-state index >= 15 is 0 Å². The molecule has 1 spiro atoms. The molecule has 0 bridgehead atoms. The van der Waals surface area contributed by atoms with Crippen molar-refractivity contribution in [2.24, 2.45) is 0 Å². The lowest BCUT2D eigenvalue weighted by molar-refractivity contribution is -0.128. The van der Waals surface area contributed by atoms with Gasteiger partial charge in [-0.1, -0.05) is 66.8 Å². The minimum atomic E-state index is -1.44. The highest BCUT2D eigenvalue weighted by atomic mass is 35.5. The monoisotopic (exact) mass is 981 g/mol. The maximum Gasteiger partial charge on any atom is 0.340 e. The highest BCUT2D eigenvalue weighted by Crippen LogP contribution is 2.57. The van der Waals surface area contributed by atoms with E-state index in [0.29, 0.717) is 61.5 Å². The van der Waals surface area contributed by atoms with Crippen molar-refractivity contribution in [3.8, 4) is 39.9 Å². The molecular formula is C50H46Cl3N5O10. The van der Waals surface area contributed by atoms with Crippen molar-refractivity contribution in [1.82, 2.24) is 25.7 Å². The standard InChI is InChI=1S/C50H46Cl3N5O10/c1-4-49(5-2,56-46(62)43-28(3)44(29-6-9-31(51)10-7-29)58(57-43)40-17-11-32(52)25-39(40)53)48(64)55-19-21-66-23-22-65-20-18-54-45(61)30-8-14-36-35(24-30)47(63)68-50(36)37-15-12-33(59)26-41(37)67-42-27-34(60)13-16-38(42)50/h6-17,24-27,59-60H,4-5,18-23H2,1-3H3,(H,54,61)(H,55,64)(H,56,62). The van der Waals surface area contributed by atoms with Crippen LogP contribution in [0, 0.1) is 6.92 Å². The van der Waals surface area contributed by atoms with Crippen LogP contribution in [0.25, 0.3) is 16.9 Å². The molecule has 0 unspecified atom stereocenters. The van der Waals surface area contributed by atoms with Crippen molar-refractivity contribution in [1.29, 1.82) is 0 Å². The van der Waals surface area contributed by atoms with Crippen LogP contribution >= 0.6 is 34.8 Å². The molecule has 18 heteroatoms. The second-order valence-electron chi connectivity index (χ2n) is 16.1. The summed E-state index contributed by atoms with van der Waals surface area (Å²) in [5, 5.41) is 35.0. The topological polar surface area (TPSA) is 200 Å². The van der Waals surface area contributed by atoms with Gasteiger partial charge >= 0.3 is 5.97 Å². The van der Waals surface area contributed by atoms with E-state index in [-0.39, 0.29) is 85.2 Å². The van der Waals surface area contributed by atoms with Crippen molar-refractivity contribution in [2.75, 3.05) is 39.5 Å². The molecule has 5 aromatic carbocycles. The summed E-state index contributed by atoms with van der Waals surface area (Å²) in [7, 11) is 0. The van der Waals surface area contributed by atoms with Gasteiger partial charge in [0.15, 0.2) is 11.3 Å². The van der Waals surface area contributed by atoms with Crippen LogP contribution in [0.2, 0.25) is 15.1 Å². The molecule has 1 aromatic heterocycles. The number of hydrogen-bond donors (Lipinski definition) is 5. The summed E-state index contributed by atoms with van der Waals surface area (Å²) in [5.74, 6) is -1.60. The summed E-state index contributed by atoms with van der Waals surface area (Å²) in [6.07, 6.45) is 0.608. The number of carbonyl (C=O) groups excluding carboxylic acids is 4. The Balaban J connectivity index is 0.807. The van der Waals surface area contributed by atoms with E-state index in [0.717, 1.165) is 5.56 Å². The van der Waals surface area contributed by atoms with Crippen molar-refractivity contribution in [2.45, 2.75) is 44.8 Å². The second kappa shape index (κ2) is 19.9. The number of aromatic nitrogens is 2. The zero-order valence-corrected chi connectivity index (χ0v) is 39.4. The van der Waals surface area contributed by atoms with E-state index in [4.69, 9.17) is 58.8 Å². The lowest BCUT2D eigenvalue weighted by atomic mass is 9.77. The van der Waals surface area contributed by atoms with Gasteiger partial charge in [0, 0.05) is 68.6 Å². The predicted octanol–water partition coefficient (Wildman–Crippen LogP) is 8.66. The van der Waals surface area contributed by atoms with Crippen LogP contribution in [0.4, 0.5) is 0 Å². The number of phenolic OH excluding ortho intramolecular Hbond substituents is 2. The highest BCUT2D eigenvalue weighted by molar-refractivity contribution is 6.35. The van der Waals surface area contributed by atoms with E-state index in [1.54, 1.807) is 66.2 Å². The normalized spacial score (nSPS) is 13.2. The molecule has 2 aliphatic rings. The van der Waals surface area contributed by atoms with Crippen LogP contribution in [0.3, 0.4) is 0 Å². The Morgan fingerprint density at radius 2 is 1.34 bits per heavy atom. The van der Waals surface area contributed by atoms with Crippen molar-refractivity contribution >= 4 is 58.5 Å². The van der Waals surface area contributed by atoms with E-state index in [1.165, 1.54) is 30.3 Å². The first kappa shape index (κ1) is 47.9. The van der Waals surface area contributed by atoms with E-state index < -0.39 is 28.9 Å². The molecule has 352 valence electrons. The molecule has 15 nitrogen and oxygen atoms in total. The fourth-order valence-electron chi connectivity index (χ4n) is 8.48. The summed E-state index contributed by atoms with van der Waals surface area (Å²) in [6.45, 7) is 6.55. The van der Waals surface area contributed by atoms with Gasteiger partial charge < -0.3 is 45.1 Å². The fourth-order valence-corrected chi connectivity index (χ4v) is 9.09. The van der Waals surface area contributed by atoms with E-state index in [2.05, 4.69) is 16.0 Å².